The number of likely N-dealkylation sites (tertiary alicyclic amines) is 1. The molecule has 2 aromatic carbocycles. The van der Waals surface area contributed by atoms with Crippen molar-refractivity contribution < 1.29 is 24.0 Å². The minimum absolute atomic E-state index is 0.0754. The van der Waals surface area contributed by atoms with E-state index in [1.807, 2.05) is 0 Å². The first-order valence-electron chi connectivity index (χ1n) is 12.6. The lowest BCUT2D eigenvalue weighted by molar-refractivity contribution is -0.384. The summed E-state index contributed by atoms with van der Waals surface area (Å²) in [6.07, 6.45) is 4.86. The lowest BCUT2D eigenvalue weighted by atomic mass is 9.88. The third-order valence-electron chi connectivity index (χ3n) is 7.17. The average Bonchev–Trinajstić information content (AvgIpc) is 2.93. The van der Waals surface area contributed by atoms with E-state index in [0.717, 1.165) is 25.7 Å². The first kappa shape index (κ1) is 26.1. The SMILES string of the molecule is COc1ccc(C(=O)N[C@@H]2CCCCC2NC(=O)C2CCCN(C(=O)c3ccc([N+](=O)[O-])cc3)C2)cc1. The van der Waals surface area contributed by atoms with E-state index in [1.54, 1.807) is 36.3 Å². The van der Waals surface area contributed by atoms with Crippen molar-refractivity contribution in [1.29, 1.82) is 0 Å². The zero-order valence-electron chi connectivity index (χ0n) is 20.9. The lowest BCUT2D eigenvalue weighted by Crippen LogP contribution is -2.55. The number of carbonyl (C=O) groups is 3. The van der Waals surface area contributed by atoms with Gasteiger partial charge in [0.15, 0.2) is 0 Å². The fourth-order valence-electron chi connectivity index (χ4n) is 5.05. The summed E-state index contributed by atoms with van der Waals surface area (Å²) in [5, 5.41) is 17.1. The van der Waals surface area contributed by atoms with Gasteiger partial charge >= 0.3 is 0 Å². The number of nitrogens with zero attached hydrogens (tertiary/aromatic N) is 2. The van der Waals surface area contributed by atoms with Gasteiger partial charge in [0, 0.05) is 48.4 Å². The van der Waals surface area contributed by atoms with Crippen LogP contribution in [0.4, 0.5) is 5.69 Å². The van der Waals surface area contributed by atoms with Gasteiger partial charge in [0.1, 0.15) is 5.75 Å². The number of hydrogen-bond acceptors (Lipinski definition) is 6. The summed E-state index contributed by atoms with van der Waals surface area (Å²) in [7, 11) is 1.57. The van der Waals surface area contributed by atoms with Crippen LogP contribution in [0.2, 0.25) is 0 Å². The number of non-ortho nitro benzene ring substituents is 1. The Morgan fingerprint density at radius 1 is 0.892 bits per heavy atom. The number of ether oxygens (including phenoxy) is 1. The van der Waals surface area contributed by atoms with Gasteiger partial charge in [-0.2, -0.15) is 0 Å². The standard InChI is InChI=1S/C27H32N4O6/c1-37-22-14-10-18(11-15-22)25(32)28-23-6-2-3-7-24(23)29-26(33)20-5-4-16-30(17-20)27(34)19-8-12-21(13-9-19)31(35)36/h8-15,20,23-24H,2-7,16-17H2,1H3,(H,28,32)(H,29,33)/t20?,23-,24?/m1/s1. The number of nitro groups is 1. The van der Waals surface area contributed by atoms with Crippen LogP contribution in [-0.4, -0.2) is 59.8 Å². The molecule has 1 saturated carbocycles. The predicted molar refractivity (Wildman–Crippen MR) is 136 cm³/mol. The first-order chi connectivity index (χ1) is 17.9. The van der Waals surface area contributed by atoms with Crippen LogP contribution in [0.3, 0.4) is 0 Å². The van der Waals surface area contributed by atoms with Gasteiger partial charge in [0.25, 0.3) is 17.5 Å². The van der Waals surface area contributed by atoms with Crippen LogP contribution in [0.25, 0.3) is 0 Å². The van der Waals surface area contributed by atoms with Crippen LogP contribution in [0, 0.1) is 16.0 Å². The van der Waals surface area contributed by atoms with E-state index >= 15 is 0 Å². The van der Waals surface area contributed by atoms with Crippen LogP contribution < -0.4 is 15.4 Å². The number of amides is 3. The van der Waals surface area contributed by atoms with Crippen LogP contribution in [0.1, 0.15) is 59.2 Å². The van der Waals surface area contributed by atoms with Gasteiger partial charge in [0.05, 0.1) is 18.0 Å². The van der Waals surface area contributed by atoms with Crippen LogP contribution in [0.15, 0.2) is 48.5 Å². The first-order valence-corrected chi connectivity index (χ1v) is 12.6. The summed E-state index contributed by atoms with van der Waals surface area (Å²) >= 11 is 0. The number of methoxy groups -OCH3 is 1. The molecule has 1 aliphatic heterocycles. The van der Waals surface area contributed by atoms with Crippen molar-refractivity contribution in [3.63, 3.8) is 0 Å². The predicted octanol–water partition coefficient (Wildman–Crippen LogP) is 3.31. The molecule has 2 aromatic rings. The monoisotopic (exact) mass is 508 g/mol. The molecule has 1 aliphatic carbocycles. The van der Waals surface area contributed by atoms with Gasteiger partial charge in [-0.15, -0.1) is 0 Å². The molecular formula is C27H32N4O6. The molecule has 3 atom stereocenters. The van der Waals surface area contributed by atoms with E-state index < -0.39 is 4.92 Å². The highest BCUT2D eigenvalue weighted by Gasteiger charge is 2.33. The molecule has 0 radical (unpaired) electrons. The van der Waals surface area contributed by atoms with E-state index in [0.29, 0.717) is 36.3 Å². The number of benzene rings is 2. The zero-order valence-corrected chi connectivity index (χ0v) is 20.9. The quantitative estimate of drug-likeness (QED) is 0.436. The van der Waals surface area contributed by atoms with Crippen LogP contribution in [0.5, 0.6) is 5.75 Å². The van der Waals surface area contributed by atoms with Crippen molar-refractivity contribution >= 4 is 23.4 Å². The second-order valence-electron chi connectivity index (χ2n) is 9.60. The van der Waals surface area contributed by atoms with E-state index in [1.165, 1.54) is 24.3 Å². The molecule has 0 aromatic heterocycles. The lowest BCUT2D eigenvalue weighted by Gasteiger charge is -2.36. The molecule has 2 fully saturated rings. The maximum absolute atomic E-state index is 13.2. The number of nitro benzene ring substituents is 1. The van der Waals surface area contributed by atoms with Crippen molar-refractivity contribution in [2.24, 2.45) is 5.92 Å². The van der Waals surface area contributed by atoms with Crippen molar-refractivity contribution in [3.8, 4) is 5.75 Å². The van der Waals surface area contributed by atoms with Gasteiger partial charge in [-0.1, -0.05) is 12.8 Å². The summed E-state index contributed by atoms with van der Waals surface area (Å²) in [4.78, 5) is 51.0. The molecule has 2 unspecified atom stereocenters. The maximum atomic E-state index is 13.2. The Kier molecular flexibility index (Phi) is 8.37. The number of hydrogen-bond donors (Lipinski definition) is 2. The summed E-state index contributed by atoms with van der Waals surface area (Å²) < 4.78 is 5.15. The highest BCUT2D eigenvalue weighted by atomic mass is 16.6. The Morgan fingerprint density at radius 3 is 2.14 bits per heavy atom. The van der Waals surface area contributed by atoms with Gasteiger partial charge < -0.3 is 20.3 Å². The zero-order chi connectivity index (χ0) is 26.4. The molecule has 10 nitrogen and oxygen atoms in total. The Morgan fingerprint density at radius 2 is 1.51 bits per heavy atom. The highest BCUT2D eigenvalue weighted by molar-refractivity contribution is 5.95. The van der Waals surface area contributed by atoms with Crippen molar-refractivity contribution in [2.75, 3.05) is 20.2 Å². The number of nitrogens with one attached hydrogen (secondary N) is 2. The molecular weight excluding hydrogens is 476 g/mol. The van der Waals surface area contributed by atoms with E-state index in [9.17, 15) is 24.5 Å². The third-order valence-corrected chi connectivity index (χ3v) is 7.17. The van der Waals surface area contributed by atoms with Crippen molar-refractivity contribution in [3.05, 3.63) is 69.8 Å². The Balaban J connectivity index is 1.35. The van der Waals surface area contributed by atoms with E-state index in [2.05, 4.69) is 10.6 Å². The van der Waals surface area contributed by atoms with Gasteiger partial charge in [-0.25, -0.2) is 0 Å². The minimum Gasteiger partial charge on any atom is -0.497 e. The van der Waals surface area contributed by atoms with E-state index in [4.69, 9.17) is 4.74 Å². The summed E-state index contributed by atoms with van der Waals surface area (Å²) in [5.41, 5.74) is 0.818. The second-order valence-corrected chi connectivity index (χ2v) is 9.60. The smallest absolute Gasteiger partial charge is 0.269 e. The van der Waals surface area contributed by atoms with Crippen LogP contribution in [-0.2, 0) is 4.79 Å². The molecule has 1 saturated heterocycles. The normalized spacial score (nSPS) is 21.5. The largest absolute Gasteiger partial charge is 0.497 e. The van der Waals surface area contributed by atoms with E-state index in [-0.39, 0.29) is 48.0 Å². The summed E-state index contributed by atoms with van der Waals surface area (Å²) in [6.45, 7) is 0.820. The number of carbonyl (C=O) groups excluding carboxylic acids is 3. The average molecular weight is 509 g/mol. The molecule has 1 heterocycles. The molecule has 4 rings (SSSR count). The Labute approximate surface area is 215 Å². The fourth-order valence-corrected chi connectivity index (χ4v) is 5.05. The van der Waals surface area contributed by atoms with Gasteiger partial charge in [0.2, 0.25) is 5.91 Å². The van der Waals surface area contributed by atoms with Crippen LogP contribution >= 0.6 is 0 Å². The number of piperidine rings is 1. The third kappa shape index (κ3) is 6.44. The second kappa shape index (κ2) is 11.9. The molecule has 0 spiro atoms. The molecule has 37 heavy (non-hydrogen) atoms. The molecule has 0 bridgehead atoms. The van der Waals surface area contributed by atoms with Crippen molar-refractivity contribution in [2.45, 2.75) is 50.6 Å². The van der Waals surface area contributed by atoms with Gasteiger partial charge in [-0.3, -0.25) is 24.5 Å². The molecule has 2 N–H and O–H groups in total. The molecule has 196 valence electrons. The Hall–Kier alpha value is -3.95. The minimum atomic E-state index is -0.506. The highest BCUT2D eigenvalue weighted by Crippen LogP contribution is 2.23. The maximum Gasteiger partial charge on any atom is 0.269 e. The number of rotatable bonds is 7. The Bertz CT molecular complexity index is 1130. The molecule has 3 amide bonds. The van der Waals surface area contributed by atoms with Crippen molar-refractivity contribution in [1.82, 2.24) is 15.5 Å². The van der Waals surface area contributed by atoms with Gasteiger partial charge in [-0.05, 0) is 62.1 Å². The molecule has 10 heteroatoms. The fraction of sp³-hybridized carbons (Fsp3) is 0.444. The molecule has 2 aliphatic rings. The summed E-state index contributed by atoms with van der Waals surface area (Å²) in [6, 6.07) is 12.1. The summed E-state index contributed by atoms with van der Waals surface area (Å²) in [5.74, 6) is -0.221. The topological polar surface area (TPSA) is 131 Å².